The van der Waals surface area contributed by atoms with Gasteiger partial charge < -0.3 is 5.11 Å². The van der Waals surface area contributed by atoms with Crippen LogP contribution in [0.5, 0.6) is 5.75 Å². The van der Waals surface area contributed by atoms with Crippen molar-refractivity contribution in [1.29, 1.82) is 0 Å². The molecule has 0 spiro atoms. The molecule has 1 heterocycles. The highest BCUT2D eigenvalue weighted by atomic mass is 127. The first-order valence-corrected chi connectivity index (χ1v) is 11.8. The third-order valence-electron chi connectivity index (χ3n) is 3.90. The molecule has 0 fully saturated rings. The zero-order chi connectivity index (χ0) is 20.8. The number of thioether (sulfide) groups is 1. The Bertz CT molecular complexity index is 1040. The summed E-state index contributed by atoms with van der Waals surface area (Å²) in [6.45, 7) is 2.76. The normalized spacial score (nSPS) is 11.1. The summed E-state index contributed by atoms with van der Waals surface area (Å²) in [4.78, 5) is 12.1. The number of phenolic OH excluding ortho intramolecular Hbond substituents is 1. The fourth-order valence-electron chi connectivity index (χ4n) is 2.56. The third kappa shape index (κ3) is 5.69. The average Bonchev–Trinajstić information content (AvgIpc) is 3.13. The minimum Gasteiger partial charge on any atom is -0.506 e. The van der Waals surface area contributed by atoms with Crippen molar-refractivity contribution < 1.29 is 14.5 Å². The van der Waals surface area contributed by atoms with Gasteiger partial charge in [0.2, 0.25) is 0 Å². The Hall–Kier alpha value is -1.67. The summed E-state index contributed by atoms with van der Waals surface area (Å²) >= 11 is 5.55. The Kier molecular flexibility index (Phi) is 7.89. The number of hydrogen-bond acceptors (Lipinski definition) is 5. The number of nitrogens with one attached hydrogen (secondary N) is 2. The Labute approximate surface area is 199 Å². The van der Waals surface area contributed by atoms with Crippen molar-refractivity contribution in [3.8, 4) is 17.1 Å². The Morgan fingerprint density at radius 2 is 2.10 bits per heavy atom. The maximum Gasteiger partial charge on any atom is 0.337 e. The smallest absolute Gasteiger partial charge is 0.337 e. The van der Waals surface area contributed by atoms with E-state index in [1.165, 1.54) is 18.0 Å². The van der Waals surface area contributed by atoms with E-state index in [1.807, 2.05) is 47.9 Å². The first-order chi connectivity index (χ1) is 14.0. The van der Waals surface area contributed by atoms with Crippen molar-refractivity contribution in [2.75, 3.05) is 5.75 Å². The van der Waals surface area contributed by atoms with Crippen molar-refractivity contribution >= 4 is 69.1 Å². The molecule has 29 heavy (non-hydrogen) atoms. The largest absolute Gasteiger partial charge is 0.506 e. The van der Waals surface area contributed by atoms with E-state index in [2.05, 4.69) is 65.9 Å². The Balaban J connectivity index is 1.61. The quantitative estimate of drug-likeness (QED) is 0.122. The van der Waals surface area contributed by atoms with Gasteiger partial charge in [0.25, 0.3) is 11.7 Å². The highest BCUT2D eigenvalue weighted by molar-refractivity contribution is 14.1. The zero-order valence-corrected chi connectivity index (χ0v) is 20.5. The first-order valence-electron chi connectivity index (χ1n) is 8.66. The molecule has 0 aliphatic heterocycles. The standard InChI is InChI=1S/C19H17I2N5O2S/c1-2-26-18(12-6-4-3-5-7-12)24-25-19(26)29-11-16(27)23-22-10-13-8-14(20)9-15(21)17(13)28/h3-10H,2,11H2,1H3,(H2,22,23,27,28)/p+1. The van der Waals surface area contributed by atoms with E-state index in [9.17, 15) is 9.90 Å². The molecule has 1 aromatic heterocycles. The monoisotopic (exact) mass is 634 g/mol. The van der Waals surface area contributed by atoms with Crippen LogP contribution in [0.1, 0.15) is 12.5 Å². The molecule has 0 saturated carbocycles. The van der Waals surface area contributed by atoms with Crippen molar-refractivity contribution in [3.05, 3.63) is 55.2 Å². The number of rotatable bonds is 7. The lowest BCUT2D eigenvalue weighted by atomic mass is 10.2. The second kappa shape index (κ2) is 10.4. The molecule has 10 heteroatoms. The predicted molar refractivity (Wildman–Crippen MR) is 130 cm³/mol. The minimum absolute atomic E-state index is 0.146. The SMILES string of the molecule is CC[n+]1c(SCC(=O)N/N=C/c2cc(I)cc(I)c2O)n[nH]c1-c1ccccc1. The summed E-state index contributed by atoms with van der Waals surface area (Å²) in [5, 5.41) is 22.1. The van der Waals surface area contributed by atoms with Gasteiger partial charge in [-0.25, -0.2) is 9.99 Å². The molecule has 0 aliphatic carbocycles. The van der Waals surface area contributed by atoms with Gasteiger partial charge >= 0.3 is 5.16 Å². The van der Waals surface area contributed by atoms with E-state index in [1.54, 1.807) is 6.07 Å². The molecule has 7 nitrogen and oxygen atoms in total. The van der Waals surface area contributed by atoms with Gasteiger partial charge in [0.05, 0.1) is 32.7 Å². The fourth-order valence-corrected chi connectivity index (χ4v) is 5.26. The number of H-pyrrole nitrogens is 1. The number of halogens is 2. The van der Waals surface area contributed by atoms with Crippen LogP contribution in [-0.4, -0.2) is 33.2 Å². The summed E-state index contributed by atoms with van der Waals surface area (Å²) in [7, 11) is 0. The van der Waals surface area contributed by atoms with Gasteiger partial charge in [0.1, 0.15) is 5.75 Å². The van der Waals surface area contributed by atoms with Crippen LogP contribution in [0.4, 0.5) is 0 Å². The van der Waals surface area contributed by atoms with Crippen LogP contribution in [0.25, 0.3) is 11.4 Å². The van der Waals surface area contributed by atoms with E-state index >= 15 is 0 Å². The molecule has 0 saturated heterocycles. The number of aromatic amines is 1. The van der Waals surface area contributed by atoms with E-state index in [0.29, 0.717) is 5.56 Å². The van der Waals surface area contributed by atoms with Crippen LogP contribution in [0, 0.1) is 7.14 Å². The highest BCUT2D eigenvalue weighted by Gasteiger charge is 2.21. The number of phenols is 1. The minimum atomic E-state index is -0.252. The van der Waals surface area contributed by atoms with Crippen LogP contribution in [0.2, 0.25) is 0 Å². The maximum absolute atomic E-state index is 12.1. The second-order valence-corrected chi connectivity index (χ2v) is 9.22. The number of nitrogens with zero attached hydrogens (tertiary/aromatic N) is 3. The van der Waals surface area contributed by atoms with Gasteiger partial charge in [-0.3, -0.25) is 4.79 Å². The topological polar surface area (TPSA) is 94.2 Å². The van der Waals surface area contributed by atoms with Gasteiger partial charge in [-0.05, 0) is 88.1 Å². The third-order valence-corrected chi connectivity index (χ3v) is 6.33. The number of hydrogen-bond donors (Lipinski definition) is 3. The van der Waals surface area contributed by atoms with Crippen LogP contribution in [0.3, 0.4) is 0 Å². The molecule has 1 amide bonds. The van der Waals surface area contributed by atoms with E-state index < -0.39 is 0 Å². The van der Waals surface area contributed by atoms with Crippen molar-refractivity contribution in [1.82, 2.24) is 15.6 Å². The summed E-state index contributed by atoms with van der Waals surface area (Å²) in [6.07, 6.45) is 1.44. The van der Waals surface area contributed by atoms with Gasteiger partial charge in [-0.1, -0.05) is 18.2 Å². The van der Waals surface area contributed by atoms with Gasteiger partial charge in [0, 0.05) is 9.13 Å². The number of amides is 1. The second-order valence-electron chi connectivity index (χ2n) is 5.87. The lowest BCUT2D eigenvalue weighted by Crippen LogP contribution is -2.36. The molecule has 2 aromatic carbocycles. The van der Waals surface area contributed by atoms with Crippen LogP contribution in [-0.2, 0) is 11.3 Å². The molecule has 3 rings (SSSR count). The molecule has 0 radical (unpaired) electrons. The van der Waals surface area contributed by atoms with Crippen LogP contribution < -0.4 is 9.99 Å². The fraction of sp³-hybridized carbons (Fsp3) is 0.158. The molecule has 0 bridgehead atoms. The van der Waals surface area contributed by atoms with E-state index in [-0.39, 0.29) is 17.4 Å². The molecular formula is C19H18I2N5O2S+. The van der Waals surface area contributed by atoms with Gasteiger partial charge in [-0.15, -0.1) is 5.10 Å². The van der Waals surface area contributed by atoms with Crippen molar-refractivity contribution in [3.63, 3.8) is 0 Å². The predicted octanol–water partition coefficient (Wildman–Crippen LogP) is 3.54. The molecule has 0 atom stereocenters. The summed E-state index contributed by atoms with van der Waals surface area (Å²) in [6, 6.07) is 13.6. The lowest BCUT2D eigenvalue weighted by molar-refractivity contribution is -0.719. The van der Waals surface area contributed by atoms with Gasteiger partial charge in [-0.2, -0.15) is 5.10 Å². The lowest BCUT2D eigenvalue weighted by Gasteiger charge is -2.03. The Morgan fingerprint density at radius 3 is 2.83 bits per heavy atom. The van der Waals surface area contributed by atoms with E-state index in [0.717, 1.165) is 30.2 Å². The summed E-state index contributed by atoms with van der Waals surface area (Å²) in [5.41, 5.74) is 4.08. The highest BCUT2D eigenvalue weighted by Crippen LogP contribution is 2.25. The number of carbonyl (C=O) groups excluding carboxylic acids is 1. The molecule has 3 N–H and O–H groups in total. The number of aromatic nitrogens is 3. The number of benzene rings is 2. The molecule has 3 aromatic rings. The van der Waals surface area contributed by atoms with Crippen molar-refractivity contribution in [2.45, 2.75) is 18.6 Å². The van der Waals surface area contributed by atoms with Crippen LogP contribution >= 0.6 is 56.9 Å². The van der Waals surface area contributed by atoms with Crippen molar-refractivity contribution in [2.24, 2.45) is 5.10 Å². The zero-order valence-electron chi connectivity index (χ0n) is 15.4. The van der Waals surface area contributed by atoms with Crippen LogP contribution in [0.15, 0.2) is 52.7 Å². The number of hydrazone groups is 1. The Morgan fingerprint density at radius 1 is 1.34 bits per heavy atom. The molecule has 0 aliphatic rings. The average molecular weight is 634 g/mol. The summed E-state index contributed by atoms with van der Waals surface area (Å²) < 4.78 is 3.74. The maximum atomic E-state index is 12.1. The number of aromatic hydroxyl groups is 1. The van der Waals surface area contributed by atoms with E-state index in [4.69, 9.17) is 0 Å². The summed E-state index contributed by atoms with van der Waals surface area (Å²) in [5.74, 6) is 0.967. The number of carbonyl (C=O) groups is 1. The molecule has 0 unspecified atom stereocenters. The molecule has 150 valence electrons. The van der Waals surface area contributed by atoms with Gasteiger partial charge in [0.15, 0.2) is 0 Å². The molecular weight excluding hydrogens is 616 g/mol. The first kappa shape index (κ1) is 22.0.